The minimum absolute atomic E-state index is 0.0683. The number of benzene rings is 1. The molecule has 1 aromatic heterocycles. The van der Waals surface area contributed by atoms with Crippen molar-refractivity contribution in [3.8, 4) is 0 Å². The van der Waals surface area contributed by atoms with Crippen molar-refractivity contribution in [3.63, 3.8) is 0 Å². The molecule has 0 aliphatic carbocycles. The molecule has 18 heavy (non-hydrogen) atoms. The molecule has 0 saturated heterocycles. The molecule has 6 nitrogen and oxygen atoms in total. The molecule has 2 aromatic rings. The first-order valence-corrected chi connectivity index (χ1v) is 5.48. The van der Waals surface area contributed by atoms with Crippen molar-refractivity contribution in [3.05, 3.63) is 51.4 Å². The standard InChI is InChI=1S/C12H13N3O3/c1-8-12(9(2)18-14-8)7-13-10-4-3-5-11(6-10)15(16)17/h3-6,13H,7H2,1-2H3. The van der Waals surface area contributed by atoms with E-state index in [2.05, 4.69) is 10.5 Å². The molecule has 94 valence electrons. The van der Waals surface area contributed by atoms with Crippen molar-refractivity contribution >= 4 is 11.4 Å². The van der Waals surface area contributed by atoms with Gasteiger partial charge in [-0.05, 0) is 19.9 Å². The van der Waals surface area contributed by atoms with Crippen LogP contribution < -0.4 is 5.32 Å². The Morgan fingerprint density at radius 3 is 2.83 bits per heavy atom. The number of non-ortho nitro benzene ring substituents is 1. The van der Waals surface area contributed by atoms with Crippen LogP contribution in [0.2, 0.25) is 0 Å². The summed E-state index contributed by atoms with van der Waals surface area (Å²) in [7, 11) is 0. The van der Waals surface area contributed by atoms with Gasteiger partial charge in [0.2, 0.25) is 0 Å². The summed E-state index contributed by atoms with van der Waals surface area (Å²) in [5, 5.41) is 17.6. The molecular weight excluding hydrogens is 234 g/mol. The van der Waals surface area contributed by atoms with E-state index in [9.17, 15) is 10.1 Å². The first-order chi connectivity index (χ1) is 8.58. The average Bonchev–Trinajstić information content (AvgIpc) is 2.67. The minimum atomic E-state index is -0.416. The van der Waals surface area contributed by atoms with Crippen LogP contribution in [-0.4, -0.2) is 10.1 Å². The van der Waals surface area contributed by atoms with Crippen LogP contribution in [0, 0.1) is 24.0 Å². The summed E-state index contributed by atoms with van der Waals surface area (Å²) in [6, 6.07) is 6.39. The number of nitrogens with one attached hydrogen (secondary N) is 1. The number of hydrogen-bond donors (Lipinski definition) is 1. The normalized spacial score (nSPS) is 10.3. The Hall–Kier alpha value is -2.37. The average molecular weight is 247 g/mol. The molecule has 0 aliphatic rings. The van der Waals surface area contributed by atoms with E-state index in [1.807, 2.05) is 13.8 Å². The summed E-state index contributed by atoms with van der Waals surface area (Å²) in [5.74, 6) is 0.755. The van der Waals surface area contributed by atoms with Gasteiger partial charge in [0.25, 0.3) is 5.69 Å². The van der Waals surface area contributed by atoms with Gasteiger partial charge in [-0.2, -0.15) is 0 Å². The molecule has 2 rings (SSSR count). The topological polar surface area (TPSA) is 81.2 Å². The fraction of sp³-hybridized carbons (Fsp3) is 0.250. The molecule has 1 aromatic carbocycles. The largest absolute Gasteiger partial charge is 0.381 e. The second-order valence-corrected chi connectivity index (χ2v) is 3.96. The van der Waals surface area contributed by atoms with E-state index in [0.29, 0.717) is 12.2 Å². The van der Waals surface area contributed by atoms with E-state index in [0.717, 1.165) is 17.0 Å². The lowest BCUT2D eigenvalue weighted by atomic mass is 10.2. The third kappa shape index (κ3) is 2.48. The number of anilines is 1. The number of nitro groups is 1. The van der Waals surface area contributed by atoms with Crippen LogP contribution in [0.1, 0.15) is 17.0 Å². The lowest BCUT2D eigenvalue weighted by molar-refractivity contribution is -0.384. The van der Waals surface area contributed by atoms with Gasteiger partial charge in [-0.3, -0.25) is 10.1 Å². The highest BCUT2D eigenvalue weighted by molar-refractivity contribution is 5.51. The van der Waals surface area contributed by atoms with Gasteiger partial charge in [0.05, 0.1) is 10.6 Å². The summed E-state index contributed by atoms with van der Waals surface area (Å²) in [4.78, 5) is 10.2. The Morgan fingerprint density at radius 1 is 1.44 bits per heavy atom. The van der Waals surface area contributed by atoms with Gasteiger partial charge < -0.3 is 9.84 Å². The lowest BCUT2D eigenvalue weighted by Gasteiger charge is -2.05. The predicted molar refractivity (Wildman–Crippen MR) is 66.4 cm³/mol. The van der Waals surface area contributed by atoms with E-state index in [-0.39, 0.29) is 5.69 Å². The maximum Gasteiger partial charge on any atom is 0.271 e. The summed E-state index contributed by atoms with van der Waals surface area (Å²) in [5.41, 5.74) is 2.56. The molecule has 0 unspecified atom stereocenters. The summed E-state index contributed by atoms with van der Waals surface area (Å²) in [6.07, 6.45) is 0. The highest BCUT2D eigenvalue weighted by Crippen LogP contribution is 2.19. The Kier molecular flexibility index (Phi) is 3.27. The fourth-order valence-electron chi connectivity index (χ4n) is 1.67. The van der Waals surface area contributed by atoms with Gasteiger partial charge in [-0.25, -0.2) is 0 Å². The Labute approximate surface area is 104 Å². The molecule has 0 atom stereocenters. The molecule has 0 radical (unpaired) electrons. The first kappa shape index (κ1) is 12.1. The third-order valence-corrected chi connectivity index (χ3v) is 2.71. The second-order valence-electron chi connectivity index (χ2n) is 3.96. The van der Waals surface area contributed by atoms with Crippen LogP contribution in [0.3, 0.4) is 0 Å². The number of hydrogen-bond acceptors (Lipinski definition) is 5. The van der Waals surface area contributed by atoms with Gasteiger partial charge in [0.15, 0.2) is 0 Å². The van der Waals surface area contributed by atoms with E-state index in [1.54, 1.807) is 12.1 Å². The van der Waals surface area contributed by atoms with Gasteiger partial charge in [0.1, 0.15) is 5.76 Å². The van der Waals surface area contributed by atoms with Crippen LogP contribution in [0.5, 0.6) is 0 Å². The number of nitro benzene ring substituents is 1. The van der Waals surface area contributed by atoms with Crippen LogP contribution >= 0.6 is 0 Å². The number of rotatable bonds is 4. The third-order valence-electron chi connectivity index (χ3n) is 2.71. The highest BCUT2D eigenvalue weighted by atomic mass is 16.6. The molecular formula is C12H13N3O3. The number of aryl methyl sites for hydroxylation is 2. The maximum absolute atomic E-state index is 10.6. The van der Waals surface area contributed by atoms with Gasteiger partial charge in [-0.15, -0.1) is 0 Å². The zero-order valence-corrected chi connectivity index (χ0v) is 10.1. The Bertz CT molecular complexity index is 558. The van der Waals surface area contributed by atoms with E-state index in [4.69, 9.17) is 4.52 Å². The monoisotopic (exact) mass is 247 g/mol. The Balaban J connectivity index is 2.11. The molecule has 0 spiro atoms. The zero-order chi connectivity index (χ0) is 13.1. The molecule has 6 heteroatoms. The summed E-state index contributed by atoms with van der Waals surface area (Å²) >= 11 is 0. The molecule has 1 heterocycles. The molecule has 0 bridgehead atoms. The van der Waals surface area contributed by atoms with Crippen LogP contribution in [-0.2, 0) is 6.54 Å². The van der Waals surface area contributed by atoms with E-state index in [1.165, 1.54) is 12.1 Å². The maximum atomic E-state index is 10.6. The van der Waals surface area contributed by atoms with Crippen LogP contribution in [0.4, 0.5) is 11.4 Å². The van der Waals surface area contributed by atoms with Crippen LogP contribution in [0.15, 0.2) is 28.8 Å². The van der Waals surface area contributed by atoms with Gasteiger partial charge >= 0.3 is 0 Å². The molecule has 1 N–H and O–H groups in total. The van der Waals surface area contributed by atoms with Crippen molar-refractivity contribution in [1.29, 1.82) is 0 Å². The zero-order valence-electron chi connectivity index (χ0n) is 10.1. The van der Waals surface area contributed by atoms with Crippen LogP contribution in [0.25, 0.3) is 0 Å². The van der Waals surface area contributed by atoms with E-state index < -0.39 is 4.92 Å². The number of nitrogens with zero attached hydrogens (tertiary/aromatic N) is 2. The summed E-state index contributed by atoms with van der Waals surface area (Å²) in [6.45, 7) is 4.23. The molecule has 0 fully saturated rings. The Morgan fingerprint density at radius 2 is 2.22 bits per heavy atom. The first-order valence-electron chi connectivity index (χ1n) is 5.48. The number of aromatic nitrogens is 1. The van der Waals surface area contributed by atoms with Gasteiger partial charge in [0, 0.05) is 29.9 Å². The van der Waals surface area contributed by atoms with Gasteiger partial charge in [-0.1, -0.05) is 11.2 Å². The van der Waals surface area contributed by atoms with Crippen molar-refractivity contribution in [1.82, 2.24) is 5.16 Å². The SMILES string of the molecule is Cc1noc(C)c1CNc1cccc([N+](=O)[O-])c1. The summed E-state index contributed by atoms with van der Waals surface area (Å²) < 4.78 is 5.05. The molecule has 0 amide bonds. The van der Waals surface area contributed by atoms with Crippen molar-refractivity contribution in [2.45, 2.75) is 20.4 Å². The molecule has 0 saturated carbocycles. The smallest absolute Gasteiger partial charge is 0.271 e. The predicted octanol–water partition coefficient (Wildman–Crippen LogP) is 2.81. The quantitative estimate of drug-likeness (QED) is 0.663. The minimum Gasteiger partial charge on any atom is -0.381 e. The van der Waals surface area contributed by atoms with Crippen molar-refractivity contribution < 1.29 is 9.45 Å². The second kappa shape index (κ2) is 4.87. The highest BCUT2D eigenvalue weighted by Gasteiger charge is 2.09. The lowest BCUT2D eigenvalue weighted by Crippen LogP contribution is -2.01. The van der Waals surface area contributed by atoms with E-state index >= 15 is 0 Å². The van der Waals surface area contributed by atoms with Crippen molar-refractivity contribution in [2.24, 2.45) is 0 Å². The fourth-order valence-corrected chi connectivity index (χ4v) is 1.67. The van der Waals surface area contributed by atoms with Crippen molar-refractivity contribution in [2.75, 3.05) is 5.32 Å². The molecule has 0 aliphatic heterocycles.